The highest BCUT2D eigenvalue weighted by Crippen LogP contribution is 2.17. The molecule has 1 rings (SSSR count). The SMILES string of the molecule is CCOC(C)(C)CNc1nccc(C)c1C#N. The number of pyridine rings is 1. The van der Waals surface area contributed by atoms with Gasteiger partial charge in [-0.3, -0.25) is 0 Å². The summed E-state index contributed by atoms with van der Waals surface area (Å²) in [6.07, 6.45) is 1.70. The lowest BCUT2D eigenvalue weighted by Crippen LogP contribution is -2.33. The van der Waals surface area contributed by atoms with Crippen molar-refractivity contribution in [1.82, 2.24) is 4.98 Å². The summed E-state index contributed by atoms with van der Waals surface area (Å²) in [5.74, 6) is 0.625. The molecule has 0 atom stereocenters. The molecule has 1 aromatic heterocycles. The van der Waals surface area contributed by atoms with Crippen molar-refractivity contribution in [2.75, 3.05) is 18.5 Å². The molecule has 4 nitrogen and oxygen atoms in total. The minimum Gasteiger partial charge on any atom is -0.374 e. The number of hydrogen-bond donors (Lipinski definition) is 1. The number of aromatic nitrogens is 1. The molecule has 0 bridgehead atoms. The molecule has 0 spiro atoms. The van der Waals surface area contributed by atoms with Crippen LogP contribution in [0.2, 0.25) is 0 Å². The lowest BCUT2D eigenvalue weighted by molar-refractivity contribution is 0.000639. The van der Waals surface area contributed by atoms with Crippen molar-refractivity contribution in [3.8, 4) is 6.07 Å². The first kappa shape index (κ1) is 13.5. The quantitative estimate of drug-likeness (QED) is 0.848. The predicted molar refractivity (Wildman–Crippen MR) is 67.9 cm³/mol. The topological polar surface area (TPSA) is 57.9 Å². The van der Waals surface area contributed by atoms with E-state index in [9.17, 15) is 0 Å². The van der Waals surface area contributed by atoms with Crippen LogP contribution in [0.4, 0.5) is 5.82 Å². The number of ether oxygens (including phenoxy) is 1. The Kier molecular flexibility index (Phi) is 4.47. The lowest BCUT2D eigenvalue weighted by Gasteiger charge is -2.25. The molecule has 0 saturated heterocycles. The van der Waals surface area contributed by atoms with E-state index < -0.39 is 0 Å². The van der Waals surface area contributed by atoms with Crippen molar-refractivity contribution in [1.29, 1.82) is 5.26 Å². The maximum absolute atomic E-state index is 9.07. The number of anilines is 1. The van der Waals surface area contributed by atoms with Gasteiger partial charge in [0.05, 0.1) is 11.2 Å². The molecule has 0 saturated carbocycles. The molecule has 1 N–H and O–H groups in total. The van der Waals surface area contributed by atoms with Gasteiger partial charge in [0.15, 0.2) is 0 Å². The molecule has 0 unspecified atom stereocenters. The zero-order valence-corrected chi connectivity index (χ0v) is 10.9. The highest BCUT2D eigenvalue weighted by molar-refractivity contribution is 5.55. The van der Waals surface area contributed by atoms with Crippen LogP contribution in [0.1, 0.15) is 31.9 Å². The van der Waals surface area contributed by atoms with Crippen LogP contribution in [-0.4, -0.2) is 23.7 Å². The van der Waals surface area contributed by atoms with Gasteiger partial charge in [-0.05, 0) is 39.3 Å². The van der Waals surface area contributed by atoms with E-state index in [0.29, 0.717) is 24.5 Å². The summed E-state index contributed by atoms with van der Waals surface area (Å²) in [4.78, 5) is 4.18. The van der Waals surface area contributed by atoms with Crippen LogP contribution in [0.3, 0.4) is 0 Å². The van der Waals surface area contributed by atoms with Gasteiger partial charge in [0, 0.05) is 19.3 Å². The van der Waals surface area contributed by atoms with Gasteiger partial charge < -0.3 is 10.1 Å². The second-order valence-electron chi connectivity index (χ2n) is 4.51. The van der Waals surface area contributed by atoms with Crippen LogP contribution < -0.4 is 5.32 Å². The maximum atomic E-state index is 9.07. The summed E-state index contributed by atoms with van der Waals surface area (Å²) < 4.78 is 5.58. The van der Waals surface area contributed by atoms with Crippen LogP contribution in [0, 0.1) is 18.3 Å². The second kappa shape index (κ2) is 5.65. The normalized spacial score (nSPS) is 11.0. The Morgan fingerprint density at radius 2 is 2.24 bits per heavy atom. The summed E-state index contributed by atoms with van der Waals surface area (Å²) in [7, 11) is 0. The molecule has 1 heterocycles. The summed E-state index contributed by atoms with van der Waals surface area (Å²) in [5.41, 5.74) is 1.26. The Bertz CT molecular complexity index is 421. The molecule has 4 heteroatoms. The predicted octanol–water partition coefficient (Wildman–Crippen LogP) is 2.49. The third-order valence-electron chi connectivity index (χ3n) is 2.49. The zero-order valence-electron chi connectivity index (χ0n) is 10.9. The van der Waals surface area contributed by atoms with Gasteiger partial charge in [-0.2, -0.15) is 5.26 Å². The average Bonchev–Trinajstić information content (AvgIpc) is 2.26. The summed E-state index contributed by atoms with van der Waals surface area (Å²) in [6, 6.07) is 4.00. The molecule has 92 valence electrons. The average molecular weight is 233 g/mol. The van der Waals surface area contributed by atoms with Gasteiger partial charge >= 0.3 is 0 Å². The fraction of sp³-hybridized carbons (Fsp3) is 0.538. The third-order valence-corrected chi connectivity index (χ3v) is 2.49. The molecular formula is C13H19N3O. The first-order chi connectivity index (χ1) is 8.00. The van der Waals surface area contributed by atoms with Crippen LogP contribution >= 0.6 is 0 Å². The first-order valence-corrected chi connectivity index (χ1v) is 5.73. The van der Waals surface area contributed by atoms with Crippen LogP contribution in [0.5, 0.6) is 0 Å². The Morgan fingerprint density at radius 1 is 1.53 bits per heavy atom. The number of hydrogen-bond acceptors (Lipinski definition) is 4. The van der Waals surface area contributed by atoms with Gasteiger partial charge in [-0.25, -0.2) is 4.98 Å². The van der Waals surface area contributed by atoms with Gasteiger partial charge in [-0.1, -0.05) is 0 Å². The third kappa shape index (κ3) is 3.72. The van der Waals surface area contributed by atoms with E-state index in [-0.39, 0.29) is 5.60 Å². The molecule has 0 amide bonds. The van der Waals surface area contributed by atoms with E-state index in [2.05, 4.69) is 16.4 Å². The summed E-state index contributed by atoms with van der Waals surface area (Å²) >= 11 is 0. The molecule has 0 fully saturated rings. The molecule has 0 aliphatic rings. The molecule has 0 aliphatic carbocycles. The van der Waals surface area contributed by atoms with Gasteiger partial charge in [0.25, 0.3) is 0 Å². The molecule has 1 aromatic rings. The summed E-state index contributed by atoms with van der Waals surface area (Å²) in [5, 5.41) is 12.2. The molecule has 0 aromatic carbocycles. The maximum Gasteiger partial charge on any atom is 0.144 e. The molecule has 0 aliphatic heterocycles. The van der Waals surface area contributed by atoms with Crippen molar-refractivity contribution in [2.24, 2.45) is 0 Å². The van der Waals surface area contributed by atoms with E-state index >= 15 is 0 Å². The van der Waals surface area contributed by atoms with Crippen LogP contribution in [0.25, 0.3) is 0 Å². The lowest BCUT2D eigenvalue weighted by atomic mass is 10.1. The number of rotatable bonds is 5. The highest BCUT2D eigenvalue weighted by Gasteiger charge is 2.18. The van der Waals surface area contributed by atoms with Crippen molar-refractivity contribution in [3.05, 3.63) is 23.4 Å². The minimum absolute atomic E-state index is 0.271. The standard InChI is InChI=1S/C13H19N3O/c1-5-17-13(3,4)9-16-12-11(8-14)10(2)6-7-15-12/h6-7H,5,9H2,1-4H3,(H,15,16). The van der Waals surface area contributed by atoms with Crippen molar-refractivity contribution < 1.29 is 4.74 Å². The van der Waals surface area contributed by atoms with Gasteiger partial charge in [0.1, 0.15) is 11.9 Å². The second-order valence-corrected chi connectivity index (χ2v) is 4.51. The van der Waals surface area contributed by atoms with E-state index in [1.807, 2.05) is 33.8 Å². The van der Waals surface area contributed by atoms with E-state index in [4.69, 9.17) is 10.00 Å². The number of nitrogens with zero attached hydrogens (tertiary/aromatic N) is 2. The largest absolute Gasteiger partial charge is 0.374 e. The zero-order chi connectivity index (χ0) is 12.9. The van der Waals surface area contributed by atoms with Crippen molar-refractivity contribution in [3.63, 3.8) is 0 Å². The van der Waals surface area contributed by atoms with E-state index in [1.165, 1.54) is 0 Å². The monoisotopic (exact) mass is 233 g/mol. The van der Waals surface area contributed by atoms with Crippen LogP contribution in [0.15, 0.2) is 12.3 Å². The number of aryl methyl sites for hydroxylation is 1. The Labute approximate surface area is 103 Å². The molecular weight excluding hydrogens is 214 g/mol. The summed E-state index contributed by atoms with van der Waals surface area (Å²) in [6.45, 7) is 9.16. The van der Waals surface area contributed by atoms with E-state index in [1.54, 1.807) is 6.20 Å². The highest BCUT2D eigenvalue weighted by atomic mass is 16.5. The van der Waals surface area contributed by atoms with Crippen molar-refractivity contribution in [2.45, 2.75) is 33.3 Å². The fourth-order valence-electron chi connectivity index (χ4n) is 1.57. The van der Waals surface area contributed by atoms with E-state index in [0.717, 1.165) is 5.56 Å². The van der Waals surface area contributed by atoms with Crippen LogP contribution in [-0.2, 0) is 4.74 Å². The number of nitrogens with one attached hydrogen (secondary N) is 1. The number of nitriles is 1. The Morgan fingerprint density at radius 3 is 2.82 bits per heavy atom. The van der Waals surface area contributed by atoms with Crippen molar-refractivity contribution >= 4 is 5.82 Å². The molecule has 0 radical (unpaired) electrons. The van der Waals surface area contributed by atoms with Gasteiger partial charge in [-0.15, -0.1) is 0 Å². The van der Waals surface area contributed by atoms with Gasteiger partial charge in [0.2, 0.25) is 0 Å². The first-order valence-electron chi connectivity index (χ1n) is 5.73. The smallest absolute Gasteiger partial charge is 0.144 e. The minimum atomic E-state index is -0.271. The fourth-order valence-corrected chi connectivity index (χ4v) is 1.57. The molecule has 17 heavy (non-hydrogen) atoms. The Balaban J connectivity index is 2.77. The Hall–Kier alpha value is -1.60.